The summed E-state index contributed by atoms with van der Waals surface area (Å²) >= 11 is 13.5. The number of nitrogens with zero attached hydrogens (tertiary/aromatic N) is 2. The van der Waals surface area contributed by atoms with Gasteiger partial charge in [-0.25, -0.2) is 5.43 Å². The number of anilines is 1. The normalized spacial score (nSPS) is 15.8. The van der Waals surface area contributed by atoms with Crippen LogP contribution in [0.5, 0.6) is 5.75 Å². The molecule has 3 aromatic carbocycles. The lowest BCUT2D eigenvalue weighted by Crippen LogP contribution is -2.28. The van der Waals surface area contributed by atoms with Crippen molar-refractivity contribution < 1.29 is 14.3 Å². The molecule has 168 valence electrons. The Labute approximate surface area is 205 Å². The SMILES string of the molecule is COc1ccc(C2SCC(=O)N2c2ccc(C(=O)N/N=C/c3ccc(Cl)cc3Cl)cc2)cc1. The van der Waals surface area contributed by atoms with Crippen LogP contribution in [0.4, 0.5) is 5.69 Å². The molecule has 1 atom stereocenters. The van der Waals surface area contributed by atoms with E-state index in [1.807, 2.05) is 24.3 Å². The van der Waals surface area contributed by atoms with Crippen LogP contribution < -0.4 is 15.1 Å². The Kier molecular flexibility index (Phi) is 7.23. The second-order valence-corrected chi connectivity index (χ2v) is 9.02. The molecule has 1 unspecified atom stereocenters. The molecule has 0 aliphatic carbocycles. The highest BCUT2D eigenvalue weighted by Gasteiger charge is 2.34. The number of hydrazone groups is 1. The number of hydrogen-bond donors (Lipinski definition) is 1. The number of carbonyl (C=O) groups is 2. The Morgan fingerprint density at radius 2 is 1.85 bits per heavy atom. The maximum atomic E-state index is 12.6. The number of carbonyl (C=O) groups excluding carboxylic acids is 2. The Morgan fingerprint density at radius 3 is 2.52 bits per heavy atom. The van der Waals surface area contributed by atoms with Crippen molar-refractivity contribution in [3.8, 4) is 5.75 Å². The predicted octanol–water partition coefficient (Wildman–Crippen LogP) is 5.54. The van der Waals surface area contributed by atoms with E-state index in [2.05, 4.69) is 10.5 Å². The van der Waals surface area contributed by atoms with Gasteiger partial charge in [-0.05, 0) is 54.1 Å². The number of methoxy groups -OCH3 is 1. The molecular weight excluding hydrogens is 481 g/mol. The maximum absolute atomic E-state index is 12.6. The van der Waals surface area contributed by atoms with Gasteiger partial charge < -0.3 is 4.74 Å². The van der Waals surface area contributed by atoms with Crippen LogP contribution in [0.15, 0.2) is 71.8 Å². The Balaban J connectivity index is 1.45. The van der Waals surface area contributed by atoms with E-state index < -0.39 is 0 Å². The predicted molar refractivity (Wildman–Crippen MR) is 134 cm³/mol. The average Bonchev–Trinajstić information content (AvgIpc) is 3.21. The summed E-state index contributed by atoms with van der Waals surface area (Å²) in [4.78, 5) is 26.8. The Hall–Kier alpha value is -3.00. The van der Waals surface area contributed by atoms with Crippen molar-refractivity contribution in [3.05, 3.63) is 93.5 Å². The van der Waals surface area contributed by atoms with Crippen LogP contribution in [0.2, 0.25) is 10.0 Å². The summed E-state index contributed by atoms with van der Waals surface area (Å²) in [6.45, 7) is 0. The lowest BCUT2D eigenvalue weighted by molar-refractivity contribution is -0.115. The van der Waals surface area contributed by atoms with Crippen LogP contribution in [0.25, 0.3) is 0 Å². The quantitative estimate of drug-likeness (QED) is 0.356. The topological polar surface area (TPSA) is 71.0 Å². The van der Waals surface area contributed by atoms with Gasteiger partial charge in [0.2, 0.25) is 5.91 Å². The molecule has 0 saturated carbocycles. The minimum atomic E-state index is -0.378. The summed E-state index contributed by atoms with van der Waals surface area (Å²) in [6, 6.07) is 19.5. The van der Waals surface area contributed by atoms with Crippen molar-refractivity contribution in [2.24, 2.45) is 5.10 Å². The van der Waals surface area contributed by atoms with E-state index in [1.54, 1.807) is 66.2 Å². The average molecular weight is 500 g/mol. The third-order valence-electron chi connectivity index (χ3n) is 5.01. The van der Waals surface area contributed by atoms with Gasteiger partial charge in [-0.2, -0.15) is 5.10 Å². The number of amides is 2. The first kappa shape index (κ1) is 23.2. The first-order valence-electron chi connectivity index (χ1n) is 9.92. The molecule has 1 aliphatic rings. The number of rotatable bonds is 6. The summed E-state index contributed by atoms with van der Waals surface area (Å²) in [6.07, 6.45) is 1.45. The maximum Gasteiger partial charge on any atom is 0.271 e. The number of nitrogens with one attached hydrogen (secondary N) is 1. The third-order valence-corrected chi connectivity index (χ3v) is 6.78. The molecular formula is C24H19Cl2N3O3S. The van der Waals surface area contributed by atoms with Crippen molar-refractivity contribution in [2.75, 3.05) is 17.8 Å². The molecule has 0 spiro atoms. The van der Waals surface area contributed by atoms with Crippen molar-refractivity contribution in [1.82, 2.24) is 5.43 Å². The number of hydrogen-bond acceptors (Lipinski definition) is 5. The minimum Gasteiger partial charge on any atom is -0.497 e. The zero-order valence-electron chi connectivity index (χ0n) is 17.5. The molecule has 0 radical (unpaired) electrons. The van der Waals surface area contributed by atoms with Crippen molar-refractivity contribution in [3.63, 3.8) is 0 Å². The fraction of sp³-hybridized carbons (Fsp3) is 0.125. The van der Waals surface area contributed by atoms with Crippen molar-refractivity contribution >= 4 is 58.7 Å². The molecule has 1 aliphatic heterocycles. The summed E-state index contributed by atoms with van der Waals surface area (Å²) in [5.41, 5.74) is 5.25. The van der Waals surface area contributed by atoms with E-state index in [0.29, 0.717) is 26.9 Å². The highest BCUT2D eigenvalue weighted by Crippen LogP contribution is 2.42. The van der Waals surface area contributed by atoms with Crippen LogP contribution in [-0.2, 0) is 4.79 Å². The summed E-state index contributed by atoms with van der Waals surface area (Å²) in [5, 5.41) is 4.77. The van der Waals surface area contributed by atoms with Gasteiger partial charge in [-0.1, -0.05) is 41.4 Å². The van der Waals surface area contributed by atoms with Crippen LogP contribution in [0.1, 0.15) is 26.9 Å². The number of thioether (sulfide) groups is 1. The third kappa shape index (κ3) is 5.33. The molecule has 33 heavy (non-hydrogen) atoms. The van der Waals surface area contributed by atoms with Crippen LogP contribution in [0.3, 0.4) is 0 Å². The molecule has 9 heteroatoms. The molecule has 3 aromatic rings. The summed E-state index contributed by atoms with van der Waals surface area (Å²) < 4.78 is 5.22. The van der Waals surface area contributed by atoms with E-state index >= 15 is 0 Å². The second kappa shape index (κ2) is 10.3. The highest BCUT2D eigenvalue weighted by molar-refractivity contribution is 8.00. The first-order chi connectivity index (χ1) is 16.0. The van der Waals surface area contributed by atoms with E-state index in [1.165, 1.54) is 6.21 Å². The summed E-state index contributed by atoms with van der Waals surface area (Å²) in [5.74, 6) is 0.788. The van der Waals surface area contributed by atoms with Crippen LogP contribution >= 0.6 is 35.0 Å². The van der Waals surface area contributed by atoms with E-state index in [0.717, 1.165) is 17.0 Å². The molecule has 6 nitrogen and oxygen atoms in total. The Morgan fingerprint density at radius 1 is 1.12 bits per heavy atom. The second-order valence-electron chi connectivity index (χ2n) is 7.11. The number of benzene rings is 3. The zero-order valence-corrected chi connectivity index (χ0v) is 19.8. The van der Waals surface area contributed by atoms with E-state index in [9.17, 15) is 9.59 Å². The molecule has 4 rings (SSSR count). The van der Waals surface area contributed by atoms with E-state index in [-0.39, 0.29) is 17.2 Å². The van der Waals surface area contributed by atoms with E-state index in [4.69, 9.17) is 27.9 Å². The van der Waals surface area contributed by atoms with Gasteiger partial charge >= 0.3 is 0 Å². The monoisotopic (exact) mass is 499 g/mol. The first-order valence-corrected chi connectivity index (χ1v) is 11.7. The van der Waals surface area contributed by atoms with Crippen LogP contribution in [-0.4, -0.2) is 30.9 Å². The lowest BCUT2D eigenvalue weighted by atomic mass is 10.1. The minimum absolute atomic E-state index is 0.0162. The van der Waals surface area contributed by atoms with Gasteiger partial charge in [0.25, 0.3) is 5.91 Å². The molecule has 0 aromatic heterocycles. The van der Waals surface area contributed by atoms with Gasteiger partial charge in [-0.3, -0.25) is 14.5 Å². The molecule has 0 bridgehead atoms. The number of ether oxygens (including phenoxy) is 1. The molecule has 2 amide bonds. The van der Waals surface area contributed by atoms with Crippen LogP contribution in [0, 0.1) is 0 Å². The van der Waals surface area contributed by atoms with Gasteiger partial charge in [0.15, 0.2) is 0 Å². The standard InChI is InChI=1S/C24H19Cl2N3O3S/c1-32-20-10-5-16(6-11-20)24-29(22(30)14-33-24)19-8-3-15(4-9-19)23(31)28-27-13-17-2-7-18(25)12-21(17)26/h2-13,24H,14H2,1H3,(H,28,31)/b27-13+. The van der Waals surface area contributed by atoms with Gasteiger partial charge in [0.05, 0.1) is 24.1 Å². The van der Waals surface area contributed by atoms with Gasteiger partial charge in [0, 0.05) is 21.8 Å². The number of halogens is 2. The molecule has 1 N–H and O–H groups in total. The fourth-order valence-electron chi connectivity index (χ4n) is 3.32. The largest absolute Gasteiger partial charge is 0.497 e. The molecule has 1 heterocycles. The fourth-order valence-corrected chi connectivity index (χ4v) is 4.96. The summed E-state index contributed by atoms with van der Waals surface area (Å²) in [7, 11) is 1.62. The van der Waals surface area contributed by atoms with Gasteiger partial charge in [-0.15, -0.1) is 11.8 Å². The molecule has 1 saturated heterocycles. The van der Waals surface area contributed by atoms with Gasteiger partial charge in [0.1, 0.15) is 11.1 Å². The Bertz CT molecular complexity index is 1200. The zero-order chi connectivity index (χ0) is 23.4. The smallest absolute Gasteiger partial charge is 0.271 e. The highest BCUT2D eigenvalue weighted by atomic mass is 35.5. The lowest BCUT2D eigenvalue weighted by Gasteiger charge is -2.24. The van der Waals surface area contributed by atoms with Crippen molar-refractivity contribution in [2.45, 2.75) is 5.37 Å². The molecule has 1 fully saturated rings. The van der Waals surface area contributed by atoms with Crippen molar-refractivity contribution in [1.29, 1.82) is 0 Å².